The summed E-state index contributed by atoms with van der Waals surface area (Å²) in [6, 6.07) is -0.108. The normalized spacial score (nSPS) is 23.2. The molecule has 2 heterocycles. The highest BCUT2D eigenvalue weighted by Crippen LogP contribution is 2.33. The molecule has 0 spiro atoms. The second-order valence-electron chi connectivity index (χ2n) is 4.66. The van der Waals surface area contributed by atoms with Gasteiger partial charge >= 0.3 is 5.97 Å². The number of carboxylic acid groups (broad SMARTS) is 1. The van der Waals surface area contributed by atoms with Crippen molar-refractivity contribution in [1.82, 2.24) is 9.80 Å². The van der Waals surface area contributed by atoms with Gasteiger partial charge in [-0.3, -0.25) is 14.5 Å². The summed E-state index contributed by atoms with van der Waals surface area (Å²) in [5.74, 6) is -1.25. The average molecular weight is 264 g/mol. The van der Waals surface area contributed by atoms with E-state index in [9.17, 15) is 14.4 Å². The van der Waals surface area contributed by atoms with Gasteiger partial charge in [0.1, 0.15) is 17.7 Å². The van der Waals surface area contributed by atoms with Gasteiger partial charge in [0.25, 0.3) is 5.91 Å². The zero-order valence-corrected chi connectivity index (χ0v) is 10.9. The van der Waals surface area contributed by atoms with Gasteiger partial charge in [-0.05, 0) is 26.7 Å². The lowest BCUT2D eigenvalue weighted by Crippen LogP contribution is -2.50. The SMILES string of the molecule is CCN1C=C(C(=O)O)C(=O)N2C1=C(C=O)CCC2C. The van der Waals surface area contributed by atoms with Crippen LogP contribution in [0.25, 0.3) is 0 Å². The number of carbonyl (C=O) groups excluding carboxylic acids is 2. The molecule has 1 amide bonds. The Labute approximate surface area is 111 Å². The molecule has 0 saturated heterocycles. The largest absolute Gasteiger partial charge is 0.477 e. The van der Waals surface area contributed by atoms with E-state index < -0.39 is 11.9 Å². The molecular formula is C13H16N2O4. The van der Waals surface area contributed by atoms with Crippen LogP contribution in [-0.4, -0.2) is 45.7 Å². The summed E-state index contributed by atoms with van der Waals surface area (Å²) in [6.07, 6.45) is 3.34. The third-order valence-electron chi connectivity index (χ3n) is 3.51. The first kappa shape index (κ1) is 13.3. The minimum absolute atomic E-state index is 0.108. The van der Waals surface area contributed by atoms with E-state index in [2.05, 4.69) is 0 Å². The fourth-order valence-electron chi connectivity index (χ4n) is 2.49. The second kappa shape index (κ2) is 4.87. The van der Waals surface area contributed by atoms with Gasteiger partial charge < -0.3 is 10.0 Å². The van der Waals surface area contributed by atoms with Crippen molar-refractivity contribution in [2.45, 2.75) is 32.7 Å². The highest BCUT2D eigenvalue weighted by Gasteiger charge is 2.39. The van der Waals surface area contributed by atoms with Crippen LogP contribution in [0.2, 0.25) is 0 Å². The number of hydrogen-bond acceptors (Lipinski definition) is 4. The summed E-state index contributed by atoms with van der Waals surface area (Å²) in [4.78, 5) is 37.6. The maximum Gasteiger partial charge on any atom is 0.342 e. The van der Waals surface area contributed by atoms with Crippen molar-refractivity contribution in [2.24, 2.45) is 0 Å². The van der Waals surface area contributed by atoms with E-state index in [0.717, 1.165) is 6.29 Å². The maximum absolute atomic E-state index is 12.2. The molecule has 0 aromatic heterocycles. The van der Waals surface area contributed by atoms with Crippen LogP contribution in [0.15, 0.2) is 23.2 Å². The first-order valence-corrected chi connectivity index (χ1v) is 6.24. The zero-order valence-electron chi connectivity index (χ0n) is 10.9. The number of fused-ring (bicyclic) bond motifs is 1. The highest BCUT2D eigenvalue weighted by molar-refractivity contribution is 6.16. The van der Waals surface area contributed by atoms with Crippen LogP contribution < -0.4 is 0 Å². The number of allylic oxidation sites excluding steroid dienone is 1. The van der Waals surface area contributed by atoms with Gasteiger partial charge in [0, 0.05) is 24.4 Å². The fraction of sp³-hybridized carbons (Fsp3) is 0.462. The Morgan fingerprint density at radius 2 is 2.26 bits per heavy atom. The molecule has 0 aliphatic carbocycles. The number of amides is 1. The van der Waals surface area contributed by atoms with E-state index in [-0.39, 0.29) is 11.6 Å². The Balaban J connectivity index is 2.60. The van der Waals surface area contributed by atoms with Crippen LogP contribution in [0.3, 0.4) is 0 Å². The smallest absolute Gasteiger partial charge is 0.342 e. The molecule has 0 fully saturated rings. The van der Waals surface area contributed by atoms with Crippen molar-refractivity contribution < 1.29 is 19.5 Å². The lowest BCUT2D eigenvalue weighted by atomic mass is 9.97. The van der Waals surface area contributed by atoms with Gasteiger partial charge in [0.2, 0.25) is 0 Å². The first-order valence-electron chi connectivity index (χ1n) is 6.24. The molecule has 1 unspecified atom stereocenters. The van der Waals surface area contributed by atoms with Crippen molar-refractivity contribution in [3.63, 3.8) is 0 Å². The Kier molecular flexibility index (Phi) is 3.42. The number of carboxylic acids is 1. The molecule has 0 saturated carbocycles. The molecule has 2 aliphatic rings. The Hall–Kier alpha value is -2.11. The van der Waals surface area contributed by atoms with Crippen LogP contribution in [0.4, 0.5) is 0 Å². The molecule has 0 radical (unpaired) electrons. The Bertz CT molecular complexity index is 507. The van der Waals surface area contributed by atoms with Crippen molar-refractivity contribution in [2.75, 3.05) is 6.54 Å². The molecule has 6 nitrogen and oxygen atoms in total. The van der Waals surface area contributed by atoms with Crippen LogP contribution in [0.5, 0.6) is 0 Å². The molecule has 0 aromatic carbocycles. The summed E-state index contributed by atoms with van der Waals surface area (Å²) < 4.78 is 0. The summed E-state index contributed by atoms with van der Waals surface area (Å²) in [5, 5.41) is 9.09. The monoisotopic (exact) mass is 264 g/mol. The van der Waals surface area contributed by atoms with E-state index in [1.807, 2.05) is 13.8 Å². The zero-order chi connectivity index (χ0) is 14.2. The quantitative estimate of drug-likeness (QED) is 0.600. The first-order chi connectivity index (χ1) is 9.01. The standard InChI is InChI=1S/C13H16N2O4/c1-3-14-6-10(13(18)19)12(17)15-8(2)4-5-9(7-16)11(14)15/h6-8H,3-5H2,1-2H3,(H,18,19). The third-order valence-corrected chi connectivity index (χ3v) is 3.51. The maximum atomic E-state index is 12.2. The topological polar surface area (TPSA) is 77.9 Å². The molecule has 6 heteroatoms. The van der Waals surface area contributed by atoms with Crippen LogP contribution in [0, 0.1) is 0 Å². The molecule has 19 heavy (non-hydrogen) atoms. The average Bonchev–Trinajstić information content (AvgIpc) is 2.39. The van der Waals surface area contributed by atoms with Crippen molar-refractivity contribution >= 4 is 18.2 Å². The van der Waals surface area contributed by atoms with Gasteiger partial charge in [0.15, 0.2) is 0 Å². The van der Waals surface area contributed by atoms with Gasteiger partial charge in [-0.25, -0.2) is 4.79 Å². The number of hydrogen-bond donors (Lipinski definition) is 1. The van der Waals surface area contributed by atoms with Gasteiger partial charge in [0.05, 0.1) is 0 Å². The van der Waals surface area contributed by atoms with E-state index >= 15 is 0 Å². The van der Waals surface area contributed by atoms with Gasteiger partial charge in [-0.2, -0.15) is 0 Å². The fourth-order valence-corrected chi connectivity index (χ4v) is 2.49. The van der Waals surface area contributed by atoms with Crippen LogP contribution >= 0.6 is 0 Å². The predicted molar refractivity (Wildman–Crippen MR) is 66.7 cm³/mol. The molecule has 0 bridgehead atoms. The minimum Gasteiger partial charge on any atom is -0.477 e. The molecule has 2 aliphatic heterocycles. The number of aldehydes is 1. The lowest BCUT2D eigenvalue weighted by Gasteiger charge is -2.43. The highest BCUT2D eigenvalue weighted by atomic mass is 16.4. The molecular weight excluding hydrogens is 248 g/mol. The molecule has 2 rings (SSSR count). The predicted octanol–water partition coefficient (Wildman–Crippen LogP) is 0.712. The molecule has 1 atom stereocenters. The van der Waals surface area contributed by atoms with E-state index in [1.165, 1.54) is 11.1 Å². The van der Waals surface area contributed by atoms with E-state index in [4.69, 9.17) is 5.11 Å². The number of rotatable bonds is 3. The molecule has 0 aromatic rings. The molecule has 102 valence electrons. The van der Waals surface area contributed by atoms with E-state index in [0.29, 0.717) is 30.8 Å². The van der Waals surface area contributed by atoms with Crippen molar-refractivity contribution in [1.29, 1.82) is 0 Å². The minimum atomic E-state index is -1.24. The number of carbonyl (C=O) groups is 3. The second-order valence-corrected chi connectivity index (χ2v) is 4.66. The number of nitrogens with zero attached hydrogens (tertiary/aromatic N) is 2. The lowest BCUT2D eigenvalue weighted by molar-refractivity contribution is -0.139. The summed E-state index contributed by atoms with van der Waals surface area (Å²) in [7, 11) is 0. The van der Waals surface area contributed by atoms with Gasteiger partial charge in [-0.1, -0.05) is 0 Å². The van der Waals surface area contributed by atoms with Crippen molar-refractivity contribution in [3.05, 3.63) is 23.2 Å². The Morgan fingerprint density at radius 1 is 1.58 bits per heavy atom. The summed E-state index contributed by atoms with van der Waals surface area (Å²) >= 11 is 0. The Morgan fingerprint density at radius 3 is 2.79 bits per heavy atom. The summed E-state index contributed by atoms with van der Waals surface area (Å²) in [6.45, 7) is 4.21. The molecule has 1 N–H and O–H groups in total. The van der Waals surface area contributed by atoms with Crippen LogP contribution in [-0.2, 0) is 14.4 Å². The summed E-state index contributed by atoms with van der Waals surface area (Å²) in [5.41, 5.74) is 0.290. The van der Waals surface area contributed by atoms with Crippen LogP contribution in [0.1, 0.15) is 26.7 Å². The van der Waals surface area contributed by atoms with E-state index in [1.54, 1.807) is 4.90 Å². The number of aliphatic carboxylic acids is 1. The third kappa shape index (κ3) is 2.03. The van der Waals surface area contributed by atoms with Gasteiger partial charge in [-0.15, -0.1) is 0 Å². The van der Waals surface area contributed by atoms with Crippen molar-refractivity contribution in [3.8, 4) is 0 Å².